The van der Waals surface area contributed by atoms with E-state index in [1.54, 1.807) is 43.4 Å². The third kappa shape index (κ3) is 4.85. The first-order chi connectivity index (χ1) is 16.3. The number of amides is 2. The van der Waals surface area contributed by atoms with Crippen molar-refractivity contribution in [3.05, 3.63) is 106 Å². The van der Waals surface area contributed by atoms with Crippen LogP contribution in [0.2, 0.25) is 0 Å². The van der Waals surface area contributed by atoms with Crippen LogP contribution < -0.4 is 10.9 Å². The van der Waals surface area contributed by atoms with E-state index in [1.165, 1.54) is 27.9 Å². The van der Waals surface area contributed by atoms with Gasteiger partial charge < -0.3 is 10.2 Å². The zero-order valence-electron chi connectivity index (χ0n) is 18.7. The van der Waals surface area contributed by atoms with Gasteiger partial charge in [-0.05, 0) is 55.0 Å². The van der Waals surface area contributed by atoms with Gasteiger partial charge >= 0.3 is 0 Å². The second-order valence-electron chi connectivity index (χ2n) is 7.97. The molecule has 0 saturated carbocycles. The van der Waals surface area contributed by atoms with Gasteiger partial charge in [-0.15, -0.1) is 0 Å². The van der Waals surface area contributed by atoms with Crippen molar-refractivity contribution < 1.29 is 14.0 Å². The maximum Gasteiger partial charge on any atom is 0.261 e. The van der Waals surface area contributed by atoms with Crippen LogP contribution in [0.5, 0.6) is 0 Å². The summed E-state index contributed by atoms with van der Waals surface area (Å²) in [5, 5.41) is 2.98. The molecular formula is C26H23FN4O3. The second kappa shape index (κ2) is 9.66. The van der Waals surface area contributed by atoms with E-state index >= 15 is 0 Å². The zero-order valence-corrected chi connectivity index (χ0v) is 18.7. The Balaban J connectivity index is 1.48. The fourth-order valence-corrected chi connectivity index (χ4v) is 3.61. The SMILES string of the molecule is CC(c1cccc(NC(=O)c2ccccc2)c1)N(C)C(=O)Cn1cnc2ccc(F)cc2c1=O. The van der Waals surface area contributed by atoms with Gasteiger partial charge in [-0.2, -0.15) is 0 Å². The topological polar surface area (TPSA) is 84.3 Å². The molecule has 1 unspecified atom stereocenters. The molecule has 172 valence electrons. The maximum atomic E-state index is 13.6. The number of anilines is 1. The summed E-state index contributed by atoms with van der Waals surface area (Å²) in [4.78, 5) is 43.7. The van der Waals surface area contributed by atoms with Crippen LogP contribution in [0.4, 0.5) is 10.1 Å². The highest BCUT2D eigenvalue weighted by atomic mass is 19.1. The van der Waals surface area contributed by atoms with Crippen LogP contribution >= 0.6 is 0 Å². The van der Waals surface area contributed by atoms with Crippen molar-refractivity contribution in [2.45, 2.75) is 19.5 Å². The van der Waals surface area contributed by atoms with Gasteiger partial charge in [-0.3, -0.25) is 19.0 Å². The summed E-state index contributed by atoms with van der Waals surface area (Å²) in [6.45, 7) is 1.62. The minimum atomic E-state index is -0.541. The molecule has 0 spiro atoms. The number of rotatable bonds is 6. The van der Waals surface area contributed by atoms with E-state index in [-0.39, 0.29) is 29.8 Å². The second-order valence-corrected chi connectivity index (χ2v) is 7.97. The van der Waals surface area contributed by atoms with E-state index in [9.17, 15) is 18.8 Å². The molecule has 34 heavy (non-hydrogen) atoms. The molecule has 2 amide bonds. The fraction of sp³-hybridized carbons (Fsp3) is 0.154. The third-order valence-electron chi connectivity index (χ3n) is 5.73. The smallest absolute Gasteiger partial charge is 0.261 e. The molecule has 0 aliphatic heterocycles. The van der Waals surface area contributed by atoms with Crippen molar-refractivity contribution in [1.29, 1.82) is 0 Å². The summed E-state index contributed by atoms with van der Waals surface area (Å²) in [6.07, 6.45) is 1.29. The first-order valence-electron chi connectivity index (χ1n) is 10.7. The van der Waals surface area contributed by atoms with Crippen LogP contribution in [-0.2, 0) is 11.3 Å². The molecule has 0 aliphatic rings. The number of likely N-dealkylation sites (N-methyl/N-ethyl adjacent to an activating group) is 1. The fourth-order valence-electron chi connectivity index (χ4n) is 3.61. The molecule has 1 atom stereocenters. The van der Waals surface area contributed by atoms with Gasteiger partial charge in [0.2, 0.25) is 5.91 Å². The van der Waals surface area contributed by atoms with Crippen molar-refractivity contribution in [1.82, 2.24) is 14.5 Å². The van der Waals surface area contributed by atoms with Crippen LogP contribution in [0.25, 0.3) is 10.9 Å². The van der Waals surface area contributed by atoms with E-state index in [0.29, 0.717) is 16.8 Å². The molecule has 1 aromatic heterocycles. The third-order valence-corrected chi connectivity index (χ3v) is 5.73. The number of nitrogens with zero attached hydrogens (tertiary/aromatic N) is 3. The molecule has 4 aromatic rings. The van der Waals surface area contributed by atoms with E-state index in [4.69, 9.17) is 0 Å². The van der Waals surface area contributed by atoms with Gasteiger partial charge in [-0.25, -0.2) is 9.37 Å². The Kier molecular flexibility index (Phi) is 6.49. The van der Waals surface area contributed by atoms with Crippen LogP contribution in [-0.4, -0.2) is 33.3 Å². The van der Waals surface area contributed by atoms with Crippen molar-refractivity contribution >= 4 is 28.4 Å². The molecule has 0 fully saturated rings. The lowest BCUT2D eigenvalue weighted by molar-refractivity contribution is -0.132. The Hall–Kier alpha value is -4.33. The molecule has 7 nitrogen and oxygen atoms in total. The summed E-state index contributed by atoms with van der Waals surface area (Å²) in [7, 11) is 1.64. The first kappa shape index (κ1) is 22.8. The van der Waals surface area contributed by atoms with Gasteiger partial charge in [0, 0.05) is 18.3 Å². The van der Waals surface area contributed by atoms with Crippen LogP contribution in [0.3, 0.4) is 0 Å². The predicted molar refractivity (Wildman–Crippen MR) is 128 cm³/mol. The zero-order chi connectivity index (χ0) is 24.2. The maximum absolute atomic E-state index is 13.6. The lowest BCUT2D eigenvalue weighted by atomic mass is 10.1. The number of halogens is 1. The highest BCUT2D eigenvalue weighted by Crippen LogP contribution is 2.23. The minimum absolute atomic E-state index is 0.118. The van der Waals surface area contributed by atoms with E-state index in [0.717, 1.165) is 11.6 Å². The Morgan fingerprint density at radius 1 is 1.06 bits per heavy atom. The summed E-state index contributed by atoms with van der Waals surface area (Å²) < 4.78 is 14.7. The monoisotopic (exact) mass is 458 g/mol. The Bertz CT molecular complexity index is 1420. The molecule has 8 heteroatoms. The number of nitrogens with one attached hydrogen (secondary N) is 1. The van der Waals surface area contributed by atoms with Crippen molar-refractivity contribution in [3.8, 4) is 0 Å². The molecule has 0 aliphatic carbocycles. The summed E-state index contributed by atoms with van der Waals surface area (Å²) in [5.74, 6) is -1.08. The highest BCUT2D eigenvalue weighted by Gasteiger charge is 2.19. The Morgan fingerprint density at radius 3 is 2.59 bits per heavy atom. The average Bonchev–Trinajstić information content (AvgIpc) is 2.85. The normalized spacial score (nSPS) is 11.7. The standard InChI is InChI=1S/C26H23FN4O3/c1-17(19-9-6-10-21(13-19)29-25(33)18-7-4-3-5-8-18)30(2)24(32)15-31-16-28-23-12-11-20(27)14-22(23)26(31)34/h3-14,16-17H,15H2,1-2H3,(H,29,33). The van der Waals surface area contributed by atoms with Crippen molar-refractivity contribution in [2.24, 2.45) is 0 Å². The van der Waals surface area contributed by atoms with Crippen molar-refractivity contribution in [2.75, 3.05) is 12.4 Å². The van der Waals surface area contributed by atoms with Gasteiger partial charge in [0.25, 0.3) is 11.5 Å². The molecule has 0 radical (unpaired) electrons. The van der Waals surface area contributed by atoms with Gasteiger partial charge in [0.05, 0.1) is 23.3 Å². The molecular weight excluding hydrogens is 435 g/mol. The number of hydrogen-bond donors (Lipinski definition) is 1. The van der Waals surface area contributed by atoms with Gasteiger partial charge in [-0.1, -0.05) is 30.3 Å². The minimum Gasteiger partial charge on any atom is -0.337 e. The van der Waals surface area contributed by atoms with Crippen LogP contribution in [0.1, 0.15) is 28.9 Å². The van der Waals surface area contributed by atoms with Gasteiger partial charge in [0.1, 0.15) is 12.4 Å². The largest absolute Gasteiger partial charge is 0.337 e. The van der Waals surface area contributed by atoms with E-state index in [1.807, 2.05) is 25.1 Å². The summed E-state index contributed by atoms with van der Waals surface area (Å²) in [6, 6.07) is 19.6. The predicted octanol–water partition coefficient (Wildman–Crippen LogP) is 4.01. The Labute approximate surface area is 195 Å². The van der Waals surface area contributed by atoms with Crippen LogP contribution in [0.15, 0.2) is 83.9 Å². The summed E-state index contributed by atoms with van der Waals surface area (Å²) >= 11 is 0. The molecule has 0 bridgehead atoms. The molecule has 1 N–H and O–H groups in total. The number of fused-ring (bicyclic) bond motifs is 1. The average molecular weight is 458 g/mol. The number of carbonyl (C=O) groups is 2. The van der Waals surface area contributed by atoms with Gasteiger partial charge in [0.15, 0.2) is 0 Å². The molecule has 4 rings (SSSR count). The van der Waals surface area contributed by atoms with E-state index < -0.39 is 11.4 Å². The lowest BCUT2D eigenvalue weighted by Gasteiger charge is -2.26. The first-order valence-corrected chi connectivity index (χ1v) is 10.7. The quantitative estimate of drug-likeness (QED) is 0.473. The number of hydrogen-bond acceptors (Lipinski definition) is 4. The van der Waals surface area contributed by atoms with Crippen molar-refractivity contribution in [3.63, 3.8) is 0 Å². The Morgan fingerprint density at radius 2 is 1.82 bits per heavy atom. The highest BCUT2D eigenvalue weighted by molar-refractivity contribution is 6.04. The molecule has 1 heterocycles. The van der Waals surface area contributed by atoms with E-state index in [2.05, 4.69) is 10.3 Å². The van der Waals surface area contributed by atoms with Crippen LogP contribution in [0, 0.1) is 5.82 Å². The summed E-state index contributed by atoms with van der Waals surface area (Å²) in [5.41, 5.74) is 1.85. The molecule has 0 saturated heterocycles. The number of carbonyl (C=O) groups excluding carboxylic acids is 2. The number of aromatic nitrogens is 2. The number of benzene rings is 3. The lowest BCUT2D eigenvalue weighted by Crippen LogP contribution is -2.35. The molecule has 3 aromatic carbocycles.